The van der Waals surface area contributed by atoms with Crippen LogP contribution < -0.4 is 0 Å². The Morgan fingerprint density at radius 2 is 1.19 bits per heavy atom. The molecule has 0 N–H and O–H groups in total. The highest BCUT2D eigenvalue weighted by atomic mass is 28.4. The van der Waals surface area contributed by atoms with Crippen molar-refractivity contribution in [3.05, 3.63) is 0 Å². The molecule has 0 aliphatic carbocycles. The lowest BCUT2D eigenvalue weighted by atomic mass is 9.66. The van der Waals surface area contributed by atoms with Gasteiger partial charge in [0.15, 0.2) is 0 Å². The molecule has 1 rings (SSSR count). The maximum atomic E-state index is 5.40. The van der Waals surface area contributed by atoms with Gasteiger partial charge in [-0.1, -0.05) is 79.7 Å². The SMILES string of the molecule is CC(C)(C)C1=NN(C(C)(C)C)B(N([Si](C)(C)C)[Si](C)(C)C)C1[Si](C)(C)C. The van der Waals surface area contributed by atoms with E-state index in [-0.39, 0.29) is 11.0 Å². The van der Waals surface area contributed by atoms with Gasteiger partial charge in [-0.3, -0.25) is 0 Å². The fourth-order valence-electron chi connectivity index (χ4n) is 4.60. The molecule has 0 fully saturated rings. The highest BCUT2D eigenvalue weighted by molar-refractivity contribution is 7.04. The summed E-state index contributed by atoms with van der Waals surface area (Å²) in [6, 6.07) is 0. The average molecular weight is 412 g/mol. The summed E-state index contributed by atoms with van der Waals surface area (Å²) in [4.78, 5) is 2.51. The van der Waals surface area contributed by atoms with Gasteiger partial charge < -0.3 is 9.06 Å². The van der Waals surface area contributed by atoms with Crippen LogP contribution in [0.4, 0.5) is 0 Å². The van der Waals surface area contributed by atoms with Crippen LogP contribution in [0, 0.1) is 5.41 Å². The Hall–Kier alpha value is 0.146. The van der Waals surface area contributed by atoms with E-state index in [4.69, 9.17) is 5.10 Å². The van der Waals surface area contributed by atoms with Gasteiger partial charge in [0.25, 0.3) is 0 Å². The lowest BCUT2D eigenvalue weighted by Crippen LogP contribution is -2.73. The summed E-state index contributed by atoms with van der Waals surface area (Å²) in [7, 11) is -4.50. The molecule has 0 amide bonds. The van der Waals surface area contributed by atoms with Gasteiger partial charge in [-0.15, -0.1) is 0 Å². The van der Waals surface area contributed by atoms with Gasteiger partial charge in [0, 0.05) is 22.1 Å². The molecule has 0 aromatic rings. The summed E-state index contributed by atoms with van der Waals surface area (Å²) in [5.41, 5.74) is 2.18. The van der Waals surface area contributed by atoms with Crippen molar-refractivity contribution in [2.24, 2.45) is 10.5 Å². The van der Waals surface area contributed by atoms with E-state index in [2.05, 4.69) is 110 Å². The fraction of sp³-hybridized carbons (Fsp3) is 0.947. The Labute approximate surface area is 168 Å². The molecule has 0 aromatic carbocycles. The number of rotatable bonds is 4. The van der Waals surface area contributed by atoms with Crippen molar-refractivity contribution in [2.75, 3.05) is 0 Å². The summed E-state index contributed by atoms with van der Waals surface area (Å²) in [6.45, 7) is 37.3. The van der Waals surface area contributed by atoms with E-state index in [1.165, 1.54) is 5.71 Å². The zero-order chi connectivity index (χ0) is 21.1. The predicted octanol–water partition coefficient (Wildman–Crippen LogP) is 6.21. The molecule has 1 aliphatic heterocycles. The molecule has 0 aromatic heterocycles. The van der Waals surface area contributed by atoms with E-state index >= 15 is 0 Å². The van der Waals surface area contributed by atoms with Gasteiger partial charge in [-0.25, -0.2) is 0 Å². The van der Waals surface area contributed by atoms with Gasteiger partial charge in [-0.2, -0.15) is 5.10 Å². The van der Waals surface area contributed by atoms with E-state index < -0.39 is 24.5 Å². The standard InChI is InChI=1S/C19H46BN3Si3/c1-18(2,3)16-17(24(7,8)9)20(22(21-16)19(4,5)6)23(25(10,11)12)26(13,14)15/h17H,1-15H3. The molecular formula is C19H46BN3Si3. The zero-order valence-electron chi connectivity index (χ0n) is 20.5. The van der Waals surface area contributed by atoms with Gasteiger partial charge in [0.1, 0.15) is 16.5 Å². The van der Waals surface area contributed by atoms with Crippen molar-refractivity contribution in [2.45, 2.75) is 111 Å². The maximum Gasteiger partial charge on any atom is 0.354 e. The molecule has 0 saturated heterocycles. The summed E-state index contributed by atoms with van der Waals surface area (Å²) < 4.78 is 3.01. The second-order valence-corrected chi connectivity index (χ2v) is 28.7. The van der Waals surface area contributed by atoms with Crippen LogP contribution in [0.15, 0.2) is 5.10 Å². The third-order valence-corrected chi connectivity index (χ3v) is 15.0. The Bertz CT molecular complexity index is 529. The molecule has 0 bridgehead atoms. The van der Waals surface area contributed by atoms with Gasteiger partial charge >= 0.3 is 6.98 Å². The van der Waals surface area contributed by atoms with Crippen LogP contribution in [0.3, 0.4) is 0 Å². The van der Waals surface area contributed by atoms with Crippen LogP contribution in [0.5, 0.6) is 0 Å². The number of hydrazone groups is 1. The molecule has 1 heterocycles. The number of hydrogen-bond donors (Lipinski definition) is 0. The highest BCUT2D eigenvalue weighted by Gasteiger charge is 2.59. The van der Waals surface area contributed by atoms with Crippen LogP contribution in [-0.4, -0.2) is 51.8 Å². The van der Waals surface area contributed by atoms with E-state index in [1.807, 2.05) is 0 Å². The molecule has 1 atom stereocenters. The van der Waals surface area contributed by atoms with Crippen molar-refractivity contribution in [3.8, 4) is 0 Å². The summed E-state index contributed by atoms with van der Waals surface area (Å²) in [5, 5.41) is 5.40. The van der Waals surface area contributed by atoms with E-state index in [0.717, 1.165) is 0 Å². The van der Waals surface area contributed by atoms with Crippen LogP contribution in [-0.2, 0) is 0 Å². The molecule has 1 aliphatic rings. The molecule has 0 radical (unpaired) electrons. The summed E-state index contributed by atoms with van der Waals surface area (Å²) in [6.07, 6.45) is 0. The van der Waals surface area contributed by atoms with E-state index in [9.17, 15) is 0 Å². The van der Waals surface area contributed by atoms with Crippen molar-refractivity contribution in [3.63, 3.8) is 0 Å². The first-order valence-corrected chi connectivity index (χ1v) is 20.7. The van der Waals surface area contributed by atoms with Crippen molar-refractivity contribution < 1.29 is 0 Å². The number of nitrogens with zero attached hydrogens (tertiary/aromatic N) is 3. The smallest absolute Gasteiger partial charge is 0.354 e. The lowest BCUT2D eigenvalue weighted by Gasteiger charge is -2.53. The number of hydrogen-bond acceptors (Lipinski definition) is 3. The van der Waals surface area contributed by atoms with Crippen molar-refractivity contribution in [1.29, 1.82) is 0 Å². The molecule has 0 saturated carbocycles. The molecular weight excluding hydrogens is 365 g/mol. The Morgan fingerprint density at radius 3 is 1.42 bits per heavy atom. The predicted molar refractivity (Wildman–Crippen MR) is 130 cm³/mol. The first-order chi connectivity index (χ1) is 11.1. The van der Waals surface area contributed by atoms with E-state index in [1.54, 1.807) is 0 Å². The normalized spacial score (nSPS) is 20.9. The van der Waals surface area contributed by atoms with Crippen LogP contribution in [0.1, 0.15) is 41.5 Å². The van der Waals surface area contributed by atoms with Crippen LogP contribution in [0.25, 0.3) is 0 Å². The third-order valence-electron chi connectivity index (χ3n) is 5.16. The minimum Gasteiger partial charge on any atom is -0.367 e. The molecule has 7 heteroatoms. The quantitative estimate of drug-likeness (QED) is 0.512. The topological polar surface area (TPSA) is 18.8 Å². The molecule has 1 unspecified atom stereocenters. The molecule has 152 valence electrons. The van der Waals surface area contributed by atoms with Gasteiger partial charge in [0.05, 0.1) is 8.07 Å². The van der Waals surface area contributed by atoms with E-state index in [0.29, 0.717) is 12.4 Å². The highest BCUT2D eigenvalue weighted by Crippen LogP contribution is 2.45. The van der Waals surface area contributed by atoms with Crippen LogP contribution in [0.2, 0.25) is 64.4 Å². The monoisotopic (exact) mass is 411 g/mol. The molecule has 3 nitrogen and oxygen atoms in total. The Balaban J connectivity index is 3.77. The largest absolute Gasteiger partial charge is 0.367 e. The van der Waals surface area contributed by atoms with Gasteiger partial charge in [0.2, 0.25) is 0 Å². The first kappa shape index (κ1) is 24.2. The van der Waals surface area contributed by atoms with Crippen molar-refractivity contribution >= 4 is 37.2 Å². The van der Waals surface area contributed by atoms with Crippen LogP contribution >= 0.6 is 0 Å². The lowest BCUT2D eigenvalue weighted by molar-refractivity contribution is 0.253. The minimum absolute atomic E-state index is 0.0348. The fourth-order valence-corrected chi connectivity index (χ4v) is 17.5. The second kappa shape index (κ2) is 6.88. The minimum atomic E-state index is -1.51. The second-order valence-electron chi connectivity index (χ2n) is 13.2. The molecule has 26 heavy (non-hydrogen) atoms. The first-order valence-electron chi connectivity index (χ1n) is 10.3. The summed E-state index contributed by atoms with van der Waals surface area (Å²) >= 11 is 0. The van der Waals surface area contributed by atoms with Gasteiger partial charge in [-0.05, 0) is 20.8 Å². The average Bonchev–Trinajstić information content (AvgIpc) is 2.62. The third kappa shape index (κ3) is 5.14. The van der Waals surface area contributed by atoms with Crippen molar-refractivity contribution in [1.82, 2.24) is 9.06 Å². The zero-order valence-corrected chi connectivity index (χ0v) is 23.5. The maximum absolute atomic E-state index is 5.40. The molecule has 0 spiro atoms. The Morgan fingerprint density at radius 1 is 0.808 bits per heavy atom. The summed E-state index contributed by atoms with van der Waals surface area (Å²) in [5.74, 6) is 0. The Kier molecular flexibility index (Phi) is 6.40.